The number of aliphatic hydroxyl groups excluding tert-OH is 1. The van der Waals surface area contributed by atoms with E-state index in [4.69, 9.17) is 4.74 Å². The smallest absolute Gasteiger partial charge is 0.238 e. The fraction of sp³-hybridized carbons (Fsp3) is 0.321. The lowest BCUT2D eigenvalue weighted by Gasteiger charge is -2.69. The van der Waals surface area contributed by atoms with Gasteiger partial charge in [-0.05, 0) is 30.0 Å². The molecule has 32 heavy (non-hydrogen) atoms. The molecule has 2 fully saturated rings. The summed E-state index contributed by atoms with van der Waals surface area (Å²) in [6.07, 6.45) is -1.07. The van der Waals surface area contributed by atoms with Crippen molar-refractivity contribution in [2.45, 2.75) is 50.7 Å². The normalized spacial score (nSPS) is 28.7. The Morgan fingerprint density at radius 1 is 0.906 bits per heavy atom. The molecular formula is C28H29NO3. The number of amides is 1. The van der Waals surface area contributed by atoms with Crippen LogP contribution in [0.25, 0.3) is 0 Å². The lowest BCUT2D eigenvalue weighted by atomic mass is 9.54. The maximum absolute atomic E-state index is 14.1. The van der Waals surface area contributed by atoms with E-state index >= 15 is 0 Å². The van der Waals surface area contributed by atoms with Crippen LogP contribution in [0.3, 0.4) is 0 Å². The predicted molar refractivity (Wildman–Crippen MR) is 124 cm³/mol. The van der Waals surface area contributed by atoms with Crippen LogP contribution in [0, 0.1) is 5.41 Å². The molecule has 0 radical (unpaired) electrons. The molecule has 6 atom stereocenters. The Balaban J connectivity index is 1.63. The Hall–Kier alpha value is -2.95. The van der Waals surface area contributed by atoms with Gasteiger partial charge >= 0.3 is 0 Å². The number of β-lactam (4-membered cyclic amide) rings is 1. The summed E-state index contributed by atoms with van der Waals surface area (Å²) in [7, 11) is 0. The third kappa shape index (κ3) is 2.94. The summed E-state index contributed by atoms with van der Waals surface area (Å²) < 4.78 is 6.29. The van der Waals surface area contributed by atoms with Crippen molar-refractivity contribution in [1.82, 2.24) is 4.90 Å². The molecule has 2 aliphatic rings. The summed E-state index contributed by atoms with van der Waals surface area (Å²) in [5, 5.41) is 10.9. The Morgan fingerprint density at radius 2 is 1.44 bits per heavy atom. The minimum atomic E-state index is -0.818. The van der Waals surface area contributed by atoms with Crippen molar-refractivity contribution in [1.29, 1.82) is 0 Å². The molecule has 1 amide bonds. The van der Waals surface area contributed by atoms with E-state index in [9.17, 15) is 9.90 Å². The molecular weight excluding hydrogens is 398 g/mol. The molecule has 0 saturated carbocycles. The summed E-state index contributed by atoms with van der Waals surface area (Å²) in [6, 6.07) is 30.0. The summed E-state index contributed by atoms with van der Waals surface area (Å²) in [5.41, 5.74) is 2.34. The van der Waals surface area contributed by atoms with Gasteiger partial charge in [0.05, 0.1) is 18.2 Å². The van der Waals surface area contributed by atoms with Crippen LogP contribution < -0.4 is 0 Å². The summed E-state index contributed by atoms with van der Waals surface area (Å²) in [4.78, 5) is 16.1. The van der Waals surface area contributed by atoms with Gasteiger partial charge in [0, 0.05) is 0 Å². The second-order valence-corrected chi connectivity index (χ2v) is 8.87. The largest absolute Gasteiger partial charge is 0.390 e. The number of hydrogen-bond donors (Lipinski definition) is 1. The van der Waals surface area contributed by atoms with Gasteiger partial charge in [-0.25, -0.2) is 0 Å². The third-order valence-corrected chi connectivity index (χ3v) is 7.21. The fourth-order valence-electron chi connectivity index (χ4n) is 5.57. The molecule has 2 saturated heterocycles. The Labute approximate surface area is 189 Å². The van der Waals surface area contributed by atoms with E-state index in [0.717, 1.165) is 16.7 Å². The van der Waals surface area contributed by atoms with E-state index in [0.29, 0.717) is 6.42 Å². The van der Waals surface area contributed by atoms with E-state index in [1.54, 1.807) is 0 Å². The maximum atomic E-state index is 14.1. The Bertz CT molecular complexity index is 1070. The molecule has 2 aliphatic heterocycles. The van der Waals surface area contributed by atoms with Crippen molar-refractivity contribution in [2.75, 3.05) is 0 Å². The van der Waals surface area contributed by atoms with E-state index in [2.05, 4.69) is 31.2 Å². The fourth-order valence-corrected chi connectivity index (χ4v) is 5.57. The van der Waals surface area contributed by atoms with Gasteiger partial charge in [0.1, 0.15) is 17.6 Å². The number of likely N-dealkylation sites (tertiary alicyclic amines) is 1. The molecule has 0 aliphatic carbocycles. The van der Waals surface area contributed by atoms with Gasteiger partial charge in [-0.1, -0.05) is 97.9 Å². The van der Waals surface area contributed by atoms with Crippen LogP contribution >= 0.6 is 0 Å². The van der Waals surface area contributed by atoms with Crippen LogP contribution in [-0.4, -0.2) is 28.1 Å². The molecule has 1 spiro atoms. The average molecular weight is 428 g/mol. The van der Waals surface area contributed by atoms with Crippen molar-refractivity contribution >= 4 is 5.91 Å². The second kappa shape index (κ2) is 8.19. The minimum absolute atomic E-state index is 0.0558. The Kier molecular flexibility index (Phi) is 5.36. The van der Waals surface area contributed by atoms with Gasteiger partial charge < -0.3 is 14.7 Å². The molecule has 3 aromatic carbocycles. The first-order valence-corrected chi connectivity index (χ1v) is 11.4. The zero-order chi connectivity index (χ0) is 22.3. The van der Waals surface area contributed by atoms with Crippen molar-refractivity contribution in [3.05, 3.63) is 108 Å². The highest BCUT2D eigenvalue weighted by atomic mass is 16.5. The van der Waals surface area contributed by atoms with Crippen LogP contribution in [0.15, 0.2) is 91.0 Å². The molecule has 1 unspecified atom stereocenters. The number of carbonyl (C=O) groups excluding carboxylic acids is 1. The van der Waals surface area contributed by atoms with Crippen LogP contribution in [0.4, 0.5) is 0 Å². The van der Waals surface area contributed by atoms with Crippen molar-refractivity contribution < 1.29 is 14.6 Å². The lowest BCUT2D eigenvalue weighted by molar-refractivity contribution is -0.329. The monoisotopic (exact) mass is 427 g/mol. The van der Waals surface area contributed by atoms with Crippen LogP contribution in [0.5, 0.6) is 0 Å². The molecule has 0 aromatic heterocycles. The number of nitrogens with zero attached hydrogens (tertiary/aromatic N) is 1. The summed E-state index contributed by atoms with van der Waals surface area (Å²) in [6.45, 7) is 4.01. The van der Waals surface area contributed by atoms with Gasteiger partial charge in [-0.3, -0.25) is 4.79 Å². The van der Waals surface area contributed by atoms with Gasteiger partial charge in [-0.15, -0.1) is 0 Å². The summed E-state index contributed by atoms with van der Waals surface area (Å²) >= 11 is 0. The van der Waals surface area contributed by atoms with Crippen LogP contribution in [-0.2, 0) is 9.53 Å². The van der Waals surface area contributed by atoms with E-state index < -0.39 is 17.6 Å². The molecule has 5 rings (SSSR count). The molecule has 1 N–H and O–H groups in total. The highest BCUT2D eigenvalue weighted by Gasteiger charge is 2.77. The first kappa shape index (κ1) is 20.9. The molecule has 4 nitrogen and oxygen atoms in total. The predicted octanol–water partition coefficient (Wildman–Crippen LogP) is 5.23. The zero-order valence-corrected chi connectivity index (χ0v) is 18.5. The lowest BCUT2D eigenvalue weighted by Crippen LogP contribution is -2.78. The van der Waals surface area contributed by atoms with Gasteiger partial charge in [0.25, 0.3) is 0 Å². The molecule has 2 heterocycles. The quantitative estimate of drug-likeness (QED) is 0.548. The molecule has 0 bridgehead atoms. The maximum Gasteiger partial charge on any atom is 0.238 e. The number of benzene rings is 3. The summed E-state index contributed by atoms with van der Waals surface area (Å²) in [5.74, 6) is 0.0558. The number of rotatable bonds is 6. The zero-order valence-electron chi connectivity index (χ0n) is 18.5. The van der Waals surface area contributed by atoms with Crippen LogP contribution in [0.1, 0.15) is 55.1 Å². The van der Waals surface area contributed by atoms with Gasteiger partial charge in [0.15, 0.2) is 0 Å². The van der Waals surface area contributed by atoms with E-state index in [-0.39, 0.29) is 24.1 Å². The first-order valence-electron chi connectivity index (χ1n) is 11.4. The highest BCUT2D eigenvalue weighted by molar-refractivity contribution is 5.94. The molecule has 3 aromatic rings. The number of ether oxygens (including phenoxy) is 1. The SMILES string of the molecule is CC[C@H](O)[C@@H]1O[C@H](c2ccccc2)C12C(=O)N([C@@H](C)c1ccccc1)[C@@H]2c1ccccc1. The topological polar surface area (TPSA) is 49.8 Å². The van der Waals surface area contributed by atoms with E-state index in [1.165, 1.54) is 0 Å². The number of hydrogen-bond acceptors (Lipinski definition) is 3. The van der Waals surface area contributed by atoms with Crippen molar-refractivity contribution in [3.8, 4) is 0 Å². The molecule has 164 valence electrons. The van der Waals surface area contributed by atoms with Crippen molar-refractivity contribution in [3.63, 3.8) is 0 Å². The number of aliphatic hydroxyl groups is 1. The third-order valence-electron chi connectivity index (χ3n) is 7.21. The first-order chi connectivity index (χ1) is 15.6. The van der Waals surface area contributed by atoms with E-state index in [1.807, 2.05) is 78.6 Å². The average Bonchev–Trinajstić information content (AvgIpc) is 2.83. The van der Waals surface area contributed by atoms with Gasteiger partial charge in [-0.2, -0.15) is 0 Å². The minimum Gasteiger partial charge on any atom is -0.390 e. The second-order valence-electron chi connectivity index (χ2n) is 8.87. The van der Waals surface area contributed by atoms with Crippen molar-refractivity contribution in [2.24, 2.45) is 5.41 Å². The van der Waals surface area contributed by atoms with Gasteiger partial charge in [0.2, 0.25) is 5.91 Å². The number of carbonyl (C=O) groups is 1. The highest BCUT2D eigenvalue weighted by Crippen LogP contribution is 2.69. The van der Waals surface area contributed by atoms with Crippen LogP contribution in [0.2, 0.25) is 0 Å². The Morgan fingerprint density at radius 3 is 2.00 bits per heavy atom. The standard InChI is InChI=1S/C28H29NO3/c1-3-23(30)26-28(25(32-26)22-17-11-6-12-18-22)24(21-15-9-5-10-16-21)29(27(28)31)19(2)20-13-7-4-8-14-20/h4-19,23-26,30H,3H2,1-2H3/t19-,23-,24+,25+,26-,28?/m0/s1. The molecule has 4 heteroatoms.